The fraction of sp³-hybridized carbons (Fsp3) is 0.308. The lowest BCUT2D eigenvalue weighted by atomic mass is 10.1. The van der Waals surface area contributed by atoms with E-state index in [2.05, 4.69) is 21.6 Å². The molecule has 1 amide bonds. The molecule has 0 radical (unpaired) electrons. The van der Waals surface area contributed by atoms with E-state index >= 15 is 0 Å². The van der Waals surface area contributed by atoms with E-state index in [1.165, 1.54) is 23.0 Å². The van der Waals surface area contributed by atoms with Crippen molar-refractivity contribution in [3.63, 3.8) is 0 Å². The number of nitrogens with zero attached hydrogens (tertiary/aromatic N) is 8. The maximum absolute atomic E-state index is 14.8. The van der Waals surface area contributed by atoms with Gasteiger partial charge in [0.25, 0.3) is 0 Å². The molecule has 1 aliphatic heterocycles. The predicted octanol–water partition coefficient (Wildman–Crippen LogP) is 3.46. The number of carbonyl (C=O) groups is 1. The highest BCUT2D eigenvalue weighted by Gasteiger charge is 2.30. The van der Waals surface area contributed by atoms with Gasteiger partial charge in [0.1, 0.15) is 18.0 Å². The van der Waals surface area contributed by atoms with Crippen LogP contribution >= 0.6 is 11.6 Å². The molecule has 4 heterocycles. The Morgan fingerprint density at radius 2 is 2.05 bits per heavy atom. The molecule has 38 heavy (non-hydrogen) atoms. The number of aromatic nitrogens is 6. The molecule has 0 bridgehead atoms. The first-order valence-corrected chi connectivity index (χ1v) is 12.7. The third kappa shape index (κ3) is 4.43. The summed E-state index contributed by atoms with van der Waals surface area (Å²) in [6.07, 6.45) is 3.42. The minimum absolute atomic E-state index is 0.153. The number of benzene rings is 1. The number of halogens is 2. The molecule has 0 unspecified atom stereocenters. The second-order valence-electron chi connectivity index (χ2n) is 9.04. The number of pyridine rings is 1. The second-order valence-corrected chi connectivity index (χ2v) is 9.44. The molecule has 0 spiro atoms. The molecule has 1 fully saturated rings. The van der Waals surface area contributed by atoms with Crippen LogP contribution < -0.4 is 10.6 Å². The summed E-state index contributed by atoms with van der Waals surface area (Å²) in [6.45, 7) is 9.32. The first-order valence-electron chi connectivity index (χ1n) is 12.3. The van der Waals surface area contributed by atoms with E-state index in [1.807, 2.05) is 18.7 Å². The second kappa shape index (κ2) is 10.3. The molecule has 5 rings (SSSR count). The van der Waals surface area contributed by atoms with Gasteiger partial charge in [0.05, 0.1) is 16.1 Å². The van der Waals surface area contributed by atoms with Gasteiger partial charge < -0.3 is 9.80 Å². The lowest BCUT2D eigenvalue weighted by molar-refractivity contribution is -0.126. The zero-order valence-electron chi connectivity index (χ0n) is 21.0. The van der Waals surface area contributed by atoms with E-state index < -0.39 is 11.5 Å². The zero-order chi connectivity index (χ0) is 27.0. The number of carbonyl (C=O) groups excluding carboxylic acids is 1. The minimum Gasteiger partial charge on any atom is -0.350 e. The molecule has 12 heteroatoms. The van der Waals surface area contributed by atoms with Crippen molar-refractivity contribution < 1.29 is 9.18 Å². The summed E-state index contributed by atoms with van der Waals surface area (Å²) in [7, 11) is 0. The number of hydrogen-bond donors (Lipinski definition) is 0. The fourth-order valence-corrected chi connectivity index (χ4v) is 5.00. The normalized spacial score (nSPS) is 15.7. The van der Waals surface area contributed by atoms with Crippen LogP contribution in [0.4, 0.5) is 10.2 Å². The van der Waals surface area contributed by atoms with Gasteiger partial charge >= 0.3 is 5.69 Å². The Morgan fingerprint density at radius 1 is 1.26 bits per heavy atom. The number of rotatable bonds is 6. The van der Waals surface area contributed by atoms with Crippen molar-refractivity contribution in [2.45, 2.75) is 32.9 Å². The maximum Gasteiger partial charge on any atom is 0.358 e. The van der Waals surface area contributed by atoms with Gasteiger partial charge in [0, 0.05) is 37.8 Å². The molecule has 0 aliphatic carbocycles. The van der Waals surface area contributed by atoms with Crippen molar-refractivity contribution in [2.24, 2.45) is 0 Å². The van der Waals surface area contributed by atoms with E-state index in [-0.39, 0.29) is 39.8 Å². The van der Waals surface area contributed by atoms with Gasteiger partial charge in [0.15, 0.2) is 5.65 Å². The van der Waals surface area contributed by atoms with Crippen LogP contribution in [0, 0.1) is 5.82 Å². The molecule has 3 aromatic heterocycles. The fourth-order valence-electron chi connectivity index (χ4n) is 4.75. The summed E-state index contributed by atoms with van der Waals surface area (Å²) in [5, 5.41) is 4.95. The van der Waals surface area contributed by atoms with Crippen molar-refractivity contribution in [1.29, 1.82) is 0 Å². The van der Waals surface area contributed by atoms with E-state index in [0.717, 1.165) is 6.42 Å². The molecule has 0 N–H and O–H groups in total. The number of piperazine rings is 1. The Balaban J connectivity index is 1.75. The molecule has 1 aromatic carbocycles. The van der Waals surface area contributed by atoms with Gasteiger partial charge in [-0.2, -0.15) is 15.1 Å². The third-order valence-electron chi connectivity index (χ3n) is 6.55. The standard InChI is InChI=1S/C26H26ClFN8O2/c1-4-10-35-25(29-15-30-35)36-24-18(13-19(27)22(31-24)17-8-6-7-9-20(17)28)23(32-26(36)38)34-12-11-33(14-16(34)3)21(37)5-2/h5-9,13,15-16H,2,4,10-12,14H2,1,3H3/t16-/m0/s1. The van der Waals surface area contributed by atoms with E-state index in [0.29, 0.717) is 37.4 Å². The van der Waals surface area contributed by atoms with Gasteiger partial charge in [0.2, 0.25) is 11.9 Å². The van der Waals surface area contributed by atoms with Crippen LogP contribution in [-0.4, -0.2) is 65.8 Å². The van der Waals surface area contributed by atoms with Crippen molar-refractivity contribution in [3.05, 3.63) is 70.6 Å². The summed E-state index contributed by atoms with van der Waals surface area (Å²) in [5.74, 6) is -0.00501. The Morgan fingerprint density at radius 3 is 2.76 bits per heavy atom. The lowest BCUT2D eigenvalue weighted by Crippen LogP contribution is -2.54. The SMILES string of the molecule is C=CC(=O)N1CCN(c2nc(=O)n(-c3ncnn3CCC)c3nc(-c4ccccc4F)c(Cl)cc23)[C@@H](C)C1. The molecule has 1 aliphatic rings. The first-order chi connectivity index (χ1) is 18.3. The number of fused-ring (bicyclic) bond motifs is 1. The number of aryl methyl sites for hydroxylation is 1. The Labute approximate surface area is 223 Å². The smallest absolute Gasteiger partial charge is 0.350 e. The minimum atomic E-state index is -0.607. The van der Waals surface area contributed by atoms with Crippen LogP contribution in [0.1, 0.15) is 20.3 Å². The summed E-state index contributed by atoms with van der Waals surface area (Å²) >= 11 is 6.68. The average Bonchev–Trinajstić information content (AvgIpc) is 3.36. The van der Waals surface area contributed by atoms with Gasteiger partial charge in [-0.3, -0.25) is 4.79 Å². The Hall–Kier alpha value is -4.12. The first kappa shape index (κ1) is 25.5. The topological polar surface area (TPSA) is 102 Å². The van der Waals surface area contributed by atoms with E-state index in [1.54, 1.807) is 33.8 Å². The third-order valence-corrected chi connectivity index (χ3v) is 6.83. The maximum atomic E-state index is 14.8. The molecule has 196 valence electrons. The highest BCUT2D eigenvalue weighted by Crippen LogP contribution is 2.34. The van der Waals surface area contributed by atoms with Crippen LogP contribution in [0.25, 0.3) is 28.2 Å². The summed E-state index contributed by atoms with van der Waals surface area (Å²) in [4.78, 5) is 42.9. The van der Waals surface area contributed by atoms with E-state index in [4.69, 9.17) is 16.6 Å². The molecular weight excluding hydrogens is 511 g/mol. The monoisotopic (exact) mass is 536 g/mol. The summed E-state index contributed by atoms with van der Waals surface area (Å²) in [6, 6.07) is 7.67. The molecule has 4 aromatic rings. The molecule has 0 saturated carbocycles. The lowest BCUT2D eigenvalue weighted by Gasteiger charge is -2.40. The Kier molecular flexibility index (Phi) is 6.94. The predicted molar refractivity (Wildman–Crippen MR) is 143 cm³/mol. The Bertz CT molecular complexity index is 1600. The van der Waals surface area contributed by atoms with Crippen molar-refractivity contribution in [3.8, 4) is 17.2 Å². The van der Waals surface area contributed by atoms with Crippen LogP contribution in [0.15, 0.2) is 54.1 Å². The number of anilines is 1. The van der Waals surface area contributed by atoms with Crippen LogP contribution in [0.3, 0.4) is 0 Å². The van der Waals surface area contributed by atoms with Crippen LogP contribution in [-0.2, 0) is 11.3 Å². The van der Waals surface area contributed by atoms with Crippen LogP contribution in [0.2, 0.25) is 5.02 Å². The molecule has 1 atom stereocenters. The van der Waals surface area contributed by atoms with Crippen LogP contribution in [0.5, 0.6) is 0 Å². The quantitative estimate of drug-likeness (QED) is 0.348. The van der Waals surface area contributed by atoms with Gasteiger partial charge in [-0.15, -0.1) is 0 Å². The van der Waals surface area contributed by atoms with Gasteiger partial charge in [-0.25, -0.2) is 23.4 Å². The molecular formula is C26H26ClFN8O2. The number of amides is 1. The van der Waals surface area contributed by atoms with Crippen molar-refractivity contribution in [1.82, 2.24) is 34.2 Å². The number of hydrogen-bond acceptors (Lipinski definition) is 7. The summed E-state index contributed by atoms with van der Waals surface area (Å²) in [5.41, 5.74) is 0.0176. The van der Waals surface area contributed by atoms with Gasteiger partial charge in [-0.05, 0) is 37.6 Å². The molecule has 10 nitrogen and oxygen atoms in total. The van der Waals surface area contributed by atoms with Crippen molar-refractivity contribution in [2.75, 3.05) is 24.5 Å². The summed E-state index contributed by atoms with van der Waals surface area (Å²) < 4.78 is 17.7. The highest BCUT2D eigenvalue weighted by atomic mass is 35.5. The average molecular weight is 537 g/mol. The highest BCUT2D eigenvalue weighted by molar-refractivity contribution is 6.33. The van der Waals surface area contributed by atoms with E-state index in [9.17, 15) is 14.0 Å². The molecule has 1 saturated heterocycles. The van der Waals surface area contributed by atoms with Gasteiger partial charge in [-0.1, -0.05) is 37.2 Å². The largest absolute Gasteiger partial charge is 0.358 e. The van der Waals surface area contributed by atoms with Crippen molar-refractivity contribution >= 4 is 34.4 Å². The zero-order valence-corrected chi connectivity index (χ0v) is 21.8.